The normalized spacial score (nSPS) is 12.4. The molecule has 0 amide bonds. The molecule has 3 aromatic rings. The standard InChI is InChI=1S/C17H16N2O2/c1-12(13-6-3-2-4-7-13)10-19-11-18-15-9-5-8-14(16(15)19)17(20)21/h2-9,11-12H,10H2,1H3,(H,20,21). The summed E-state index contributed by atoms with van der Waals surface area (Å²) in [5.74, 6) is -0.639. The van der Waals surface area contributed by atoms with Crippen molar-refractivity contribution in [2.75, 3.05) is 0 Å². The summed E-state index contributed by atoms with van der Waals surface area (Å²) in [5.41, 5.74) is 2.93. The van der Waals surface area contributed by atoms with E-state index < -0.39 is 5.97 Å². The van der Waals surface area contributed by atoms with Crippen LogP contribution in [0.25, 0.3) is 11.0 Å². The van der Waals surface area contributed by atoms with Crippen LogP contribution >= 0.6 is 0 Å². The molecule has 0 aliphatic rings. The minimum absolute atomic E-state index is 0.283. The Morgan fingerprint density at radius 2 is 1.95 bits per heavy atom. The molecule has 1 N–H and O–H groups in total. The average molecular weight is 280 g/mol. The third-order valence-electron chi connectivity index (χ3n) is 3.71. The number of nitrogens with zero attached hydrogens (tertiary/aromatic N) is 2. The molecule has 4 nitrogen and oxygen atoms in total. The molecular formula is C17H16N2O2. The maximum Gasteiger partial charge on any atom is 0.337 e. The van der Waals surface area contributed by atoms with Crippen molar-refractivity contribution in [2.45, 2.75) is 19.4 Å². The lowest BCUT2D eigenvalue weighted by molar-refractivity contribution is 0.0698. The van der Waals surface area contributed by atoms with Crippen molar-refractivity contribution in [3.05, 3.63) is 66.0 Å². The van der Waals surface area contributed by atoms with Crippen LogP contribution in [-0.4, -0.2) is 20.6 Å². The van der Waals surface area contributed by atoms with Gasteiger partial charge in [-0.1, -0.05) is 43.3 Å². The number of hydrogen-bond donors (Lipinski definition) is 1. The number of aromatic nitrogens is 2. The molecule has 2 aromatic carbocycles. The largest absolute Gasteiger partial charge is 0.478 e. The van der Waals surface area contributed by atoms with Crippen molar-refractivity contribution in [3.63, 3.8) is 0 Å². The minimum atomic E-state index is -0.922. The fraction of sp³-hybridized carbons (Fsp3) is 0.176. The van der Waals surface area contributed by atoms with Crippen LogP contribution in [0.5, 0.6) is 0 Å². The Labute approximate surface area is 122 Å². The SMILES string of the molecule is CC(Cn1cnc2cccc(C(=O)O)c21)c1ccccc1. The van der Waals surface area contributed by atoms with E-state index in [1.165, 1.54) is 5.56 Å². The first-order valence-electron chi connectivity index (χ1n) is 6.89. The molecule has 0 aliphatic carbocycles. The van der Waals surface area contributed by atoms with Crippen molar-refractivity contribution < 1.29 is 9.90 Å². The van der Waals surface area contributed by atoms with Gasteiger partial charge in [-0.05, 0) is 23.6 Å². The highest BCUT2D eigenvalue weighted by atomic mass is 16.4. The molecule has 21 heavy (non-hydrogen) atoms. The lowest BCUT2D eigenvalue weighted by Crippen LogP contribution is -2.08. The first kappa shape index (κ1) is 13.4. The molecule has 0 saturated heterocycles. The molecule has 106 valence electrons. The zero-order chi connectivity index (χ0) is 14.8. The summed E-state index contributed by atoms with van der Waals surface area (Å²) in [6.07, 6.45) is 1.72. The number of carboxylic acids is 1. The fourth-order valence-electron chi connectivity index (χ4n) is 2.62. The molecule has 1 unspecified atom stereocenters. The van der Waals surface area contributed by atoms with Gasteiger partial charge in [-0.3, -0.25) is 0 Å². The summed E-state index contributed by atoms with van der Waals surface area (Å²) in [7, 11) is 0. The summed E-state index contributed by atoms with van der Waals surface area (Å²) in [6.45, 7) is 2.83. The molecule has 0 aliphatic heterocycles. The molecule has 0 spiro atoms. The predicted molar refractivity (Wildman–Crippen MR) is 81.5 cm³/mol. The van der Waals surface area contributed by atoms with Crippen molar-refractivity contribution >= 4 is 17.0 Å². The molecule has 0 saturated carbocycles. The van der Waals surface area contributed by atoms with Gasteiger partial charge >= 0.3 is 5.97 Å². The number of carboxylic acid groups (broad SMARTS) is 1. The number of para-hydroxylation sites is 1. The Kier molecular flexibility index (Phi) is 3.44. The highest BCUT2D eigenvalue weighted by Crippen LogP contribution is 2.23. The first-order valence-corrected chi connectivity index (χ1v) is 6.89. The van der Waals surface area contributed by atoms with E-state index in [2.05, 4.69) is 24.0 Å². The quantitative estimate of drug-likeness (QED) is 0.795. The average Bonchev–Trinajstić information content (AvgIpc) is 2.91. The van der Waals surface area contributed by atoms with Crippen molar-refractivity contribution in [2.24, 2.45) is 0 Å². The first-order chi connectivity index (χ1) is 10.2. The summed E-state index contributed by atoms with van der Waals surface area (Å²) < 4.78 is 1.93. The predicted octanol–water partition coefficient (Wildman–Crippen LogP) is 3.54. The Morgan fingerprint density at radius 3 is 2.67 bits per heavy atom. The van der Waals surface area contributed by atoms with Crippen LogP contribution in [0.2, 0.25) is 0 Å². The smallest absolute Gasteiger partial charge is 0.337 e. The molecular weight excluding hydrogens is 264 g/mol. The Balaban J connectivity index is 2.00. The van der Waals surface area contributed by atoms with E-state index in [1.54, 1.807) is 18.5 Å². The van der Waals surface area contributed by atoms with Gasteiger partial charge in [0.1, 0.15) is 0 Å². The van der Waals surface area contributed by atoms with Crippen LogP contribution in [0.15, 0.2) is 54.9 Å². The number of fused-ring (bicyclic) bond motifs is 1. The van der Waals surface area contributed by atoms with Crippen LogP contribution in [0.1, 0.15) is 28.8 Å². The van der Waals surface area contributed by atoms with E-state index in [9.17, 15) is 9.90 Å². The van der Waals surface area contributed by atoms with Gasteiger partial charge in [-0.25, -0.2) is 9.78 Å². The monoisotopic (exact) mass is 280 g/mol. The number of imidazole rings is 1. The fourth-order valence-corrected chi connectivity index (χ4v) is 2.62. The Morgan fingerprint density at radius 1 is 1.19 bits per heavy atom. The lowest BCUT2D eigenvalue weighted by Gasteiger charge is -2.14. The number of rotatable bonds is 4. The summed E-state index contributed by atoms with van der Waals surface area (Å²) in [5, 5.41) is 9.34. The zero-order valence-corrected chi connectivity index (χ0v) is 11.7. The third kappa shape index (κ3) is 2.52. The molecule has 0 radical (unpaired) electrons. The van der Waals surface area contributed by atoms with E-state index in [4.69, 9.17) is 0 Å². The molecule has 1 aromatic heterocycles. The van der Waals surface area contributed by atoms with E-state index in [-0.39, 0.29) is 5.92 Å². The molecule has 1 heterocycles. The van der Waals surface area contributed by atoms with Gasteiger partial charge < -0.3 is 9.67 Å². The number of carbonyl (C=O) groups is 1. The minimum Gasteiger partial charge on any atom is -0.478 e. The van der Waals surface area contributed by atoms with Crippen molar-refractivity contribution in [1.29, 1.82) is 0 Å². The van der Waals surface area contributed by atoms with Crippen LogP contribution in [-0.2, 0) is 6.54 Å². The van der Waals surface area contributed by atoms with Crippen LogP contribution in [0.4, 0.5) is 0 Å². The van der Waals surface area contributed by atoms with Crippen LogP contribution in [0.3, 0.4) is 0 Å². The van der Waals surface area contributed by atoms with Gasteiger partial charge in [-0.15, -0.1) is 0 Å². The van der Waals surface area contributed by atoms with E-state index in [0.717, 1.165) is 5.52 Å². The third-order valence-corrected chi connectivity index (χ3v) is 3.71. The molecule has 0 bridgehead atoms. The van der Waals surface area contributed by atoms with E-state index in [1.807, 2.05) is 28.8 Å². The second kappa shape index (κ2) is 5.40. The number of benzene rings is 2. The van der Waals surface area contributed by atoms with Crippen LogP contribution in [0, 0.1) is 0 Å². The summed E-state index contributed by atoms with van der Waals surface area (Å²) in [6, 6.07) is 15.4. The van der Waals surface area contributed by atoms with Gasteiger partial charge in [-0.2, -0.15) is 0 Å². The van der Waals surface area contributed by atoms with Gasteiger partial charge in [0.2, 0.25) is 0 Å². The lowest BCUT2D eigenvalue weighted by atomic mass is 10.0. The topological polar surface area (TPSA) is 55.1 Å². The van der Waals surface area contributed by atoms with E-state index in [0.29, 0.717) is 17.6 Å². The van der Waals surface area contributed by atoms with E-state index >= 15 is 0 Å². The zero-order valence-electron chi connectivity index (χ0n) is 11.7. The summed E-state index contributed by atoms with van der Waals surface area (Å²) in [4.78, 5) is 15.7. The number of aromatic carboxylic acids is 1. The molecule has 4 heteroatoms. The molecule has 0 fully saturated rings. The van der Waals surface area contributed by atoms with Crippen molar-refractivity contribution in [1.82, 2.24) is 9.55 Å². The maximum atomic E-state index is 11.4. The Hall–Kier alpha value is -2.62. The second-order valence-corrected chi connectivity index (χ2v) is 5.19. The maximum absolute atomic E-state index is 11.4. The highest BCUT2D eigenvalue weighted by Gasteiger charge is 2.15. The van der Waals surface area contributed by atoms with Crippen LogP contribution < -0.4 is 0 Å². The van der Waals surface area contributed by atoms with Crippen molar-refractivity contribution in [3.8, 4) is 0 Å². The van der Waals surface area contributed by atoms with Gasteiger partial charge in [0.05, 0.1) is 22.9 Å². The van der Waals surface area contributed by atoms with Gasteiger partial charge in [0, 0.05) is 6.54 Å². The number of hydrogen-bond acceptors (Lipinski definition) is 2. The van der Waals surface area contributed by atoms with Gasteiger partial charge in [0.25, 0.3) is 0 Å². The summed E-state index contributed by atoms with van der Waals surface area (Å²) >= 11 is 0. The van der Waals surface area contributed by atoms with Gasteiger partial charge in [0.15, 0.2) is 0 Å². The second-order valence-electron chi connectivity index (χ2n) is 5.19. The highest BCUT2D eigenvalue weighted by molar-refractivity contribution is 6.01. The Bertz CT molecular complexity index is 778. The molecule has 3 rings (SSSR count). The molecule has 1 atom stereocenters.